The molecule has 116 valence electrons. The van der Waals surface area contributed by atoms with Crippen LogP contribution in [0, 0.1) is 0 Å². The van der Waals surface area contributed by atoms with Gasteiger partial charge < -0.3 is 0 Å². The van der Waals surface area contributed by atoms with Gasteiger partial charge in [-0.05, 0) is 44.7 Å². The molecular weight excluding hydrogens is 304 g/mol. The van der Waals surface area contributed by atoms with E-state index in [2.05, 4.69) is 60.7 Å². The Morgan fingerprint density at radius 3 is 2.08 bits per heavy atom. The highest BCUT2D eigenvalue weighted by Crippen LogP contribution is 2.36. The molecule has 0 aromatic heterocycles. The molecule has 1 nitrogen and oxygen atoms in total. The van der Waals surface area contributed by atoms with Crippen molar-refractivity contribution in [2.45, 2.75) is 6.42 Å². The Morgan fingerprint density at radius 2 is 1.28 bits per heavy atom. The maximum absolute atomic E-state index is 13.3. The predicted octanol–water partition coefficient (Wildman–Crippen LogP) is 4.42. The average molecular weight is 318 g/mol. The van der Waals surface area contributed by atoms with Gasteiger partial charge in [-0.2, -0.15) is 0 Å². The summed E-state index contributed by atoms with van der Waals surface area (Å²) in [5.74, 6) is 0. The van der Waals surface area contributed by atoms with Crippen LogP contribution in [0.15, 0.2) is 77.6 Å². The van der Waals surface area contributed by atoms with Crippen molar-refractivity contribution in [1.82, 2.24) is 0 Å². The quantitative estimate of drug-likeness (QED) is 0.413. The molecule has 0 spiro atoms. The van der Waals surface area contributed by atoms with E-state index in [1.54, 1.807) is 0 Å². The SMILES string of the molecule is O=c1/c(=C2\Cc3cccc4cccc2c34)c2cccc3cccc1c32. The van der Waals surface area contributed by atoms with Gasteiger partial charge in [0.05, 0.1) is 0 Å². The minimum absolute atomic E-state index is 0.173. The number of rotatable bonds is 0. The van der Waals surface area contributed by atoms with Crippen LogP contribution in [0.25, 0.3) is 37.9 Å². The monoisotopic (exact) mass is 318 g/mol. The molecule has 1 aliphatic carbocycles. The Bertz CT molecular complexity index is 1420. The third-order valence-electron chi connectivity index (χ3n) is 5.63. The summed E-state index contributed by atoms with van der Waals surface area (Å²) in [6.07, 6.45) is 0.835. The molecule has 25 heavy (non-hydrogen) atoms. The van der Waals surface area contributed by atoms with Crippen molar-refractivity contribution >= 4 is 37.9 Å². The zero-order valence-corrected chi connectivity index (χ0v) is 13.5. The molecule has 0 N–H and O–H groups in total. The first kappa shape index (κ1) is 13.1. The van der Waals surface area contributed by atoms with E-state index in [-0.39, 0.29) is 5.43 Å². The van der Waals surface area contributed by atoms with Crippen molar-refractivity contribution in [1.29, 1.82) is 0 Å². The fourth-order valence-electron chi connectivity index (χ4n) is 4.62. The summed E-state index contributed by atoms with van der Waals surface area (Å²) in [4.78, 5) is 13.3. The molecule has 0 radical (unpaired) electrons. The molecule has 6 rings (SSSR count). The smallest absolute Gasteiger partial charge is 0.194 e. The Kier molecular flexibility index (Phi) is 2.34. The first-order valence-corrected chi connectivity index (χ1v) is 8.64. The number of hydrogen-bond donors (Lipinski definition) is 0. The van der Waals surface area contributed by atoms with Crippen LogP contribution in [-0.2, 0) is 6.42 Å². The third-order valence-corrected chi connectivity index (χ3v) is 5.63. The first-order chi connectivity index (χ1) is 12.3. The summed E-state index contributed by atoms with van der Waals surface area (Å²) >= 11 is 0. The Hall–Kier alpha value is -3.19. The van der Waals surface area contributed by atoms with Crippen molar-refractivity contribution in [3.8, 4) is 0 Å². The average Bonchev–Trinajstić information content (AvgIpc) is 3.15. The largest absolute Gasteiger partial charge is 0.289 e. The summed E-state index contributed by atoms with van der Waals surface area (Å²) in [7, 11) is 0. The highest BCUT2D eigenvalue weighted by atomic mass is 16.1. The molecule has 0 saturated heterocycles. The fraction of sp³-hybridized carbons (Fsp3) is 0.0417. The van der Waals surface area contributed by atoms with E-state index in [0.29, 0.717) is 0 Å². The van der Waals surface area contributed by atoms with Crippen LogP contribution in [0.5, 0.6) is 0 Å². The van der Waals surface area contributed by atoms with Gasteiger partial charge in [-0.1, -0.05) is 72.8 Å². The van der Waals surface area contributed by atoms with Crippen LogP contribution in [-0.4, -0.2) is 0 Å². The summed E-state index contributed by atoms with van der Waals surface area (Å²) in [5, 5.41) is 7.66. The topological polar surface area (TPSA) is 17.1 Å². The van der Waals surface area contributed by atoms with Gasteiger partial charge >= 0.3 is 0 Å². The van der Waals surface area contributed by atoms with Gasteiger partial charge in [0.25, 0.3) is 0 Å². The van der Waals surface area contributed by atoms with Crippen LogP contribution in [0.4, 0.5) is 0 Å². The maximum Gasteiger partial charge on any atom is 0.194 e. The van der Waals surface area contributed by atoms with E-state index in [1.807, 2.05) is 12.1 Å². The van der Waals surface area contributed by atoms with E-state index >= 15 is 0 Å². The zero-order chi connectivity index (χ0) is 16.5. The molecule has 0 bridgehead atoms. The Labute approximate surface area is 144 Å². The summed E-state index contributed by atoms with van der Waals surface area (Å²) in [5.41, 5.74) is 3.90. The number of hydrogen-bond acceptors (Lipinski definition) is 1. The molecule has 0 fully saturated rings. The van der Waals surface area contributed by atoms with Crippen molar-refractivity contribution in [2.75, 3.05) is 0 Å². The Balaban J connectivity index is 1.90. The van der Waals surface area contributed by atoms with Crippen molar-refractivity contribution in [2.24, 2.45) is 0 Å². The van der Waals surface area contributed by atoms with Gasteiger partial charge in [0, 0.05) is 16.0 Å². The van der Waals surface area contributed by atoms with Gasteiger partial charge in [-0.3, -0.25) is 4.79 Å². The van der Waals surface area contributed by atoms with Crippen LogP contribution < -0.4 is 10.6 Å². The minimum Gasteiger partial charge on any atom is -0.289 e. The van der Waals surface area contributed by atoms with Gasteiger partial charge in [-0.15, -0.1) is 0 Å². The van der Waals surface area contributed by atoms with Crippen molar-refractivity contribution in [3.63, 3.8) is 0 Å². The molecule has 0 saturated carbocycles. The second kappa shape index (κ2) is 4.46. The van der Waals surface area contributed by atoms with Gasteiger partial charge in [-0.25, -0.2) is 0 Å². The third kappa shape index (κ3) is 1.56. The fourth-order valence-corrected chi connectivity index (χ4v) is 4.62. The second-order valence-corrected chi connectivity index (χ2v) is 6.89. The van der Waals surface area contributed by atoms with Gasteiger partial charge in [0.15, 0.2) is 5.43 Å². The van der Waals surface area contributed by atoms with Gasteiger partial charge in [0.1, 0.15) is 0 Å². The Morgan fingerprint density at radius 1 is 0.640 bits per heavy atom. The number of benzene rings is 4. The lowest BCUT2D eigenvalue weighted by Crippen LogP contribution is -2.23. The molecular formula is C24H14O. The second-order valence-electron chi connectivity index (χ2n) is 6.89. The zero-order valence-electron chi connectivity index (χ0n) is 13.5. The molecule has 1 heteroatoms. The van der Waals surface area contributed by atoms with E-state index in [4.69, 9.17) is 0 Å². The normalized spacial score (nSPS) is 15.7. The molecule has 1 aliphatic rings. The first-order valence-electron chi connectivity index (χ1n) is 8.64. The minimum atomic E-state index is 0.173. The molecule has 0 aliphatic heterocycles. The summed E-state index contributed by atoms with van der Waals surface area (Å²) in [6, 6.07) is 25.2. The molecule has 0 atom stereocenters. The lowest BCUT2D eigenvalue weighted by atomic mass is 10.0. The molecule has 5 aromatic rings. The predicted molar refractivity (Wildman–Crippen MR) is 104 cm³/mol. The molecule has 5 aromatic carbocycles. The van der Waals surface area contributed by atoms with Crippen molar-refractivity contribution < 1.29 is 0 Å². The van der Waals surface area contributed by atoms with Crippen LogP contribution >= 0.6 is 0 Å². The summed E-state index contributed by atoms with van der Waals surface area (Å²) in [6.45, 7) is 0. The van der Waals surface area contributed by atoms with Crippen molar-refractivity contribution in [3.05, 3.63) is 99.4 Å². The van der Waals surface area contributed by atoms with E-state index in [9.17, 15) is 4.79 Å². The molecule has 0 heterocycles. The van der Waals surface area contributed by atoms with E-state index < -0.39 is 0 Å². The lowest BCUT2D eigenvalue weighted by Gasteiger charge is -2.01. The molecule has 0 amide bonds. The van der Waals surface area contributed by atoms with Gasteiger partial charge in [0.2, 0.25) is 0 Å². The highest BCUT2D eigenvalue weighted by molar-refractivity contribution is 6.13. The van der Waals surface area contributed by atoms with E-state index in [0.717, 1.165) is 33.2 Å². The molecule has 0 unspecified atom stereocenters. The maximum atomic E-state index is 13.3. The summed E-state index contributed by atoms with van der Waals surface area (Å²) < 4.78 is 0. The lowest BCUT2D eigenvalue weighted by molar-refractivity contribution is 1.35. The highest BCUT2D eigenvalue weighted by Gasteiger charge is 2.22. The van der Waals surface area contributed by atoms with Crippen LogP contribution in [0.2, 0.25) is 0 Å². The standard InChI is InChI=1S/C24H14O/c25-24-19-12-4-8-15-7-3-11-18(22(15)19)23(24)20-13-16-9-1-5-14-6-2-10-17(20)21(14)16/h1-12H,13H2/b23-20+. The van der Waals surface area contributed by atoms with E-state index in [1.165, 1.54) is 27.5 Å². The van der Waals surface area contributed by atoms with Crippen LogP contribution in [0.3, 0.4) is 0 Å². The van der Waals surface area contributed by atoms with Crippen LogP contribution in [0.1, 0.15) is 11.1 Å².